The Bertz CT molecular complexity index is 728. The zero-order valence-electron chi connectivity index (χ0n) is 17.6. The first kappa shape index (κ1) is 21.4. The van der Waals surface area contributed by atoms with Crippen molar-refractivity contribution >= 4 is 17.9 Å². The molecule has 2 aliphatic rings. The quantitative estimate of drug-likeness (QED) is 0.766. The Hall–Kier alpha value is -2.34. The molecule has 0 bridgehead atoms. The predicted molar refractivity (Wildman–Crippen MR) is 115 cm³/mol. The maximum atomic E-state index is 12.9. The Labute approximate surface area is 173 Å². The van der Waals surface area contributed by atoms with Crippen molar-refractivity contribution in [1.82, 2.24) is 15.1 Å². The van der Waals surface area contributed by atoms with Gasteiger partial charge in [0.1, 0.15) is 5.75 Å². The molecule has 1 N–H and O–H groups in total. The van der Waals surface area contributed by atoms with Gasteiger partial charge >= 0.3 is 0 Å². The molecule has 29 heavy (non-hydrogen) atoms. The molecule has 1 saturated heterocycles. The van der Waals surface area contributed by atoms with Gasteiger partial charge in [-0.3, -0.25) is 14.5 Å². The van der Waals surface area contributed by atoms with Crippen LogP contribution in [0.2, 0.25) is 0 Å². The van der Waals surface area contributed by atoms with Gasteiger partial charge in [-0.2, -0.15) is 0 Å². The van der Waals surface area contributed by atoms with Crippen LogP contribution in [0.4, 0.5) is 0 Å². The fourth-order valence-corrected chi connectivity index (χ4v) is 4.30. The summed E-state index contributed by atoms with van der Waals surface area (Å²) in [5.41, 5.74) is 1.00. The fraction of sp³-hybridized carbons (Fsp3) is 0.565. The lowest BCUT2D eigenvalue weighted by atomic mass is 9.94. The van der Waals surface area contributed by atoms with Crippen LogP contribution in [-0.2, 0) is 9.59 Å². The van der Waals surface area contributed by atoms with Crippen molar-refractivity contribution in [3.05, 3.63) is 35.9 Å². The van der Waals surface area contributed by atoms with Crippen LogP contribution in [0.3, 0.4) is 0 Å². The molecule has 0 aromatic heterocycles. The highest BCUT2D eigenvalue weighted by Gasteiger charge is 2.33. The molecule has 1 saturated carbocycles. The molecule has 6 nitrogen and oxygen atoms in total. The Kier molecular flexibility index (Phi) is 7.69. The summed E-state index contributed by atoms with van der Waals surface area (Å²) in [6, 6.07) is 7.75. The third-order valence-corrected chi connectivity index (χ3v) is 6.10. The zero-order valence-corrected chi connectivity index (χ0v) is 17.6. The number of para-hydroxylation sites is 1. The predicted octanol–water partition coefficient (Wildman–Crippen LogP) is 2.69. The number of piperazine rings is 1. The van der Waals surface area contributed by atoms with E-state index in [4.69, 9.17) is 4.74 Å². The number of hydrogen-bond acceptors (Lipinski definition) is 4. The van der Waals surface area contributed by atoms with Crippen molar-refractivity contribution in [2.45, 2.75) is 50.6 Å². The SMILES string of the molecule is COc1ccccc1/C=C/CN1CCNC(=O)C1CC(=O)N(C)C1CCCCC1. The van der Waals surface area contributed by atoms with Crippen LogP contribution in [0.25, 0.3) is 6.08 Å². The van der Waals surface area contributed by atoms with E-state index >= 15 is 0 Å². The highest BCUT2D eigenvalue weighted by molar-refractivity contribution is 5.89. The van der Waals surface area contributed by atoms with Gasteiger partial charge in [0.15, 0.2) is 0 Å². The van der Waals surface area contributed by atoms with E-state index in [0.717, 1.165) is 30.7 Å². The molecule has 1 aliphatic carbocycles. The summed E-state index contributed by atoms with van der Waals surface area (Å²) in [5.74, 6) is 0.839. The van der Waals surface area contributed by atoms with Crippen molar-refractivity contribution in [3.63, 3.8) is 0 Å². The highest BCUT2D eigenvalue weighted by atomic mass is 16.5. The Balaban J connectivity index is 1.61. The topological polar surface area (TPSA) is 61.9 Å². The van der Waals surface area contributed by atoms with Crippen LogP contribution in [0, 0.1) is 0 Å². The number of carbonyl (C=O) groups excluding carboxylic acids is 2. The first-order valence-electron chi connectivity index (χ1n) is 10.7. The van der Waals surface area contributed by atoms with Crippen LogP contribution in [0.1, 0.15) is 44.1 Å². The molecule has 1 unspecified atom stereocenters. The number of ether oxygens (including phenoxy) is 1. The largest absolute Gasteiger partial charge is 0.496 e. The lowest BCUT2D eigenvalue weighted by Gasteiger charge is -2.36. The van der Waals surface area contributed by atoms with Crippen LogP contribution < -0.4 is 10.1 Å². The number of nitrogens with one attached hydrogen (secondary N) is 1. The second-order valence-corrected chi connectivity index (χ2v) is 7.95. The van der Waals surface area contributed by atoms with E-state index in [0.29, 0.717) is 19.1 Å². The van der Waals surface area contributed by atoms with Gasteiger partial charge in [-0.25, -0.2) is 0 Å². The third-order valence-electron chi connectivity index (χ3n) is 6.10. The molecule has 6 heteroatoms. The number of methoxy groups -OCH3 is 1. The van der Waals surface area contributed by atoms with Gasteiger partial charge in [-0.15, -0.1) is 0 Å². The van der Waals surface area contributed by atoms with E-state index in [2.05, 4.69) is 10.2 Å². The average Bonchev–Trinajstić information content (AvgIpc) is 2.76. The maximum Gasteiger partial charge on any atom is 0.237 e. The molecule has 2 fully saturated rings. The number of hydrogen-bond donors (Lipinski definition) is 1. The van der Waals surface area contributed by atoms with Gasteiger partial charge in [-0.05, 0) is 18.9 Å². The van der Waals surface area contributed by atoms with Gasteiger partial charge in [0, 0.05) is 38.3 Å². The number of rotatable bonds is 7. The minimum absolute atomic E-state index is 0.0488. The third kappa shape index (κ3) is 5.60. The monoisotopic (exact) mass is 399 g/mol. The molecule has 2 amide bonds. The summed E-state index contributed by atoms with van der Waals surface area (Å²) >= 11 is 0. The molecule has 1 aromatic rings. The molecule has 1 heterocycles. The summed E-state index contributed by atoms with van der Waals surface area (Å²) in [5, 5.41) is 2.92. The standard InChI is InChI=1S/C23H33N3O3/c1-25(19-11-4-3-5-12-19)22(27)17-20-23(28)24-14-16-26(20)15-8-10-18-9-6-7-13-21(18)29-2/h6-10,13,19-20H,3-5,11-12,14-17H2,1-2H3,(H,24,28)/b10-8+. The first-order chi connectivity index (χ1) is 14.1. The highest BCUT2D eigenvalue weighted by Crippen LogP contribution is 2.23. The summed E-state index contributed by atoms with van der Waals surface area (Å²) in [7, 11) is 3.55. The minimum Gasteiger partial charge on any atom is -0.496 e. The van der Waals surface area contributed by atoms with E-state index < -0.39 is 6.04 Å². The Morgan fingerprint density at radius 1 is 1.28 bits per heavy atom. The summed E-state index contributed by atoms with van der Waals surface area (Å²) in [4.78, 5) is 29.3. The normalized spacial score (nSPS) is 21.2. The second kappa shape index (κ2) is 10.4. The molecule has 3 rings (SSSR count). The van der Waals surface area contributed by atoms with Gasteiger partial charge < -0.3 is 15.0 Å². The van der Waals surface area contributed by atoms with E-state index in [1.165, 1.54) is 19.3 Å². The number of carbonyl (C=O) groups is 2. The lowest BCUT2D eigenvalue weighted by Crippen LogP contribution is -2.56. The molecular weight excluding hydrogens is 366 g/mol. The van der Waals surface area contributed by atoms with Crippen LogP contribution in [-0.4, -0.2) is 67.5 Å². The molecule has 0 spiro atoms. The lowest BCUT2D eigenvalue weighted by molar-refractivity contribution is -0.139. The number of benzene rings is 1. The van der Waals surface area contributed by atoms with E-state index in [1.807, 2.05) is 48.4 Å². The molecule has 0 radical (unpaired) electrons. The van der Waals surface area contributed by atoms with Crippen molar-refractivity contribution in [2.75, 3.05) is 33.8 Å². The van der Waals surface area contributed by atoms with Crippen molar-refractivity contribution < 1.29 is 14.3 Å². The van der Waals surface area contributed by atoms with E-state index in [1.54, 1.807) is 7.11 Å². The Morgan fingerprint density at radius 3 is 2.79 bits per heavy atom. The second-order valence-electron chi connectivity index (χ2n) is 7.95. The summed E-state index contributed by atoms with van der Waals surface area (Å²) in [6.07, 6.45) is 10.1. The average molecular weight is 400 g/mol. The first-order valence-corrected chi connectivity index (χ1v) is 10.7. The molecule has 158 valence electrons. The maximum absolute atomic E-state index is 12.9. The van der Waals surface area contributed by atoms with Gasteiger partial charge in [-0.1, -0.05) is 49.6 Å². The molecule has 1 aromatic carbocycles. The smallest absolute Gasteiger partial charge is 0.237 e. The van der Waals surface area contributed by atoms with Gasteiger partial charge in [0.2, 0.25) is 11.8 Å². The van der Waals surface area contributed by atoms with Crippen molar-refractivity contribution in [3.8, 4) is 5.75 Å². The van der Waals surface area contributed by atoms with E-state index in [-0.39, 0.29) is 18.2 Å². The molecule has 1 aliphatic heterocycles. The van der Waals surface area contributed by atoms with Crippen molar-refractivity contribution in [1.29, 1.82) is 0 Å². The zero-order chi connectivity index (χ0) is 20.6. The van der Waals surface area contributed by atoms with Crippen LogP contribution in [0.15, 0.2) is 30.3 Å². The number of nitrogens with zero attached hydrogens (tertiary/aromatic N) is 2. The van der Waals surface area contributed by atoms with Crippen LogP contribution in [0.5, 0.6) is 5.75 Å². The van der Waals surface area contributed by atoms with Crippen LogP contribution >= 0.6 is 0 Å². The van der Waals surface area contributed by atoms with E-state index in [9.17, 15) is 9.59 Å². The molecular formula is C23H33N3O3. The van der Waals surface area contributed by atoms with Crippen molar-refractivity contribution in [2.24, 2.45) is 0 Å². The Morgan fingerprint density at radius 2 is 2.03 bits per heavy atom. The van der Waals surface area contributed by atoms with Gasteiger partial charge in [0.25, 0.3) is 0 Å². The molecule has 1 atom stereocenters. The summed E-state index contributed by atoms with van der Waals surface area (Å²) in [6.45, 7) is 1.98. The minimum atomic E-state index is -0.412. The number of amides is 2. The fourth-order valence-electron chi connectivity index (χ4n) is 4.30. The summed E-state index contributed by atoms with van der Waals surface area (Å²) < 4.78 is 5.38. The van der Waals surface area contributed by atoms with Gasteiger partial charge in [0.05, 0.1) is 19.6 Å².